The largest absolute Gasteiger partial charge is 0.441 e. The van der Waals surface area contributed by atoms with Gasteiger partial charge in [-0.2, -0.15) is 0 Å². The van der Waals surface area contributed by atoms with E-state index in [1.54, 1.807) is 18.3 Å². The van der Waals surface area contributed by atoms with Gasteiger partial charge in [0, 0.05) is 38.2 Å². The molecule has 0 saturated carbocycles. The molecule has 0 spiro atoms. The zero-order valence-electron chi connectivity index (χ0n) is 18.1. The molecule has 1 heterocycles. The number of oxazole rings is 1. The van der Waals surface area contributed by atoms with Crippen LogP contribution in [0.15, 0.2) is 64.0 Å². The number of aromatic nitrogens is 1. The van der Waals surface area contributed by atoms with Gasteiger partial charge in [0.05, 0.1) is 11.1 Å². The van der Waals surface area contributed by atoms with E-state index in [0.717, 1.165) is 9.87 Å². The van der Waals surface area contributed by atoms with Gasteiger partial charge >= 0.3 is 0 Å². The van der Waals surface area contributed by atoms with Crippen LogP contribution in [0.1, 0.15) is 37.6 Å². The predicted molar refractivity (Wildman–Crippen MR) is 120 cm³/mol. The third-order valence-electron chi connectivity index (χ3n) is 4.90. The number of amides is 1. The van der Waals surface area contributed by atoms with E-state index in [4.69, 9.17) is 4.42 Å². The summed E-state index contributed by atoms with van der Waals surface area (Å²) in [6, 6.07) is 14.2. The van der Waals surface area contributed by atoms with Gasteiger partial charge in [-0.3, -0.25) is 4.79 Å². The number of anilines is 1. The molecule has 1 aromatic heterocycles. The lowest BCUT2D eigenvalue weighted by atomic mass is 10.0. The summed E-state index contributed by atoms with van der Waals surface area (Å²) in [6.45, 7) is 4.29. The number of aryl methyl sites for hydroxylation is 1. The first-order valence-electron chi connectivity index (χ1n) is 10.0. The van der Waals surface area contributed by atoms with Crippen molar-refractivity contribution in [3.63, 3.8) is 0 Å². The van der Waals surface area contributed by atoms with Crippen LogP contribution in [0, 0.1) is 0 Å². The number of carbonyl (C=O) groups is 1. The van der Waals surface area contributed by atoms with Crippen LogP contribution < -0.4 is 5.32 Å². The van der Waals surface area contributed by atoms with Gasteiger partial charge in [0.15, 0.2) is 11.7 Å². The van der Waals surface area contributed by atoms with Crippen LogP contribution in [0.3, 0.4) is 0 Å². The summed E-state index contributed by atoms with van der Waals surface area (Å²) in [7, 11) is -0.552. The molecule has 0 aliphatic heterocycles. The Balaban J connectivity index is 1.55. The SMILES string of the molecule is CC(C)c1ccc(-c2cnc(CCC(=O)Nc3ccc(S(=O)(=O)N(C)C)cc3)o2)cc1. The summed E-state index contributed by atoms with van der Waals surface area (Å²) in [5, 5.41) is 2.76. The van der Waals surface area contributed by atoms with Crippen molar-refractivity contribution in [3.8, 4) is 11.3 Å². The van der Waals surface area contributed by atoms with Crippen molar-refractivity contribution in [3.05, 3.63) is 66.2 Å². The van der Waals surface area contributed by atoms with E-state index < -0.39 is 10.0 Å². The minimum Gasteiger partial charge on any atom is -0.441 e. The van der Waals surface area contributed by atoms with Crippen LogP contribution >= 0.6 is 0 Å². The molecule has 2 aromatic carbocycles. The third kappa shape index (κ3) is 5.59. The van der Waals surface area contributed by atoms with Crippen LogP contribution in [0.5, 0.6) is 0 Å². The van der Waals surface area contributed by atoms with Crippen molar-refractivity contribution in [2.45, 2.75) is 37.5 Å². The maximum atomic E-state index is 12.2. The second-order valence-electron chi connectivity index (χ2n) is 7.75. The molecule has 3 rings (SSSR count). The molecule has 0 aliphatic rings. The molecule has 0 radical (unpaired) electrons. The predicted octanol–water partition coefficient (Wildman–Crippen LogP) is 4.29. The average molecular weight is 442 g/mol. The molecule has 0 bridgehead atoms. The van der Waals surface area contributed by atoms with Gasteiger partial charge < -0.3 is 9.73 Å². The van der Waals surface area contributed by atoms with E-state index in [1.807, 2.05) is 12.1 Å². The van der Waals surface area contributed by atoms with Crippen molar-refractivity contribution in [1.82, 2.24) is 9.29 Å². The Hall–Kier alpha value is -2.97. The first-order valence-corrected chi connectivity index (χ1v) is 11.5. The average Bonchev–Trinajstić information content (AvgIpc) is 3.22. The van der Waals surface area contributed by atoms with Gasteiger partial charge in [0.25, 0.3) is 0 Å². The minimum absolute atomic E-state index is 0.171. The molecule has 0 fully saturated rings. The maximum absolute atomic E-state index is 12.2. The fraction of sp³-hybridized carbons (Fsp3) is 0.304. The highest BCUT2D eigenvalue weighted by molar-refractivity contribution is 7.89. The number of benzene rings is 2. The Kier molecular flexibility index (Phi) is 6.92. The quantitative estimate of drug-likeness (QED) is 0.563. The van der Waals surface area contributed by atoms with Crippen LogP contribution in [-0.4, -0.2) is 37.7 Å². The molecular weight excluding hydrogens is 414 g/mol. The Morgan fingerprint density at radius 1 is 1.06 bits per heavy atom. The van der Waals surface area contributed by atoms with Crippen molar-refractivity contribution in [1.29, 1.82) is 0 Å². The first kappa shape index (κ1) is 22.7. The van der Waals surface area contributed by atoms with Crippen molar-refractivity contribution in [2.75, 3.05) is 19.4 Å². The van der Waals surface area contributed by atoms with Gasteiger partial charge in [0.1, 0.15) is 0 Å². The third-order valence-corrected chi connectivity index (χ3v) is 6.73. The number of hydrogen-bond donors (Lipinski definition) is 1. The van der Waals surface area contributed by atoms with E-state index >= 15 is 0 Å². The number of sulfonamides is 1. The van der Waals surface area contributed by atoms with Gasteiger partial charge in [-0.15, -0.1) is 0 Å². The summed E-state index contributed by atoms with van der Waals surface area (Å²) >= 11 is 0. The number of nitrogens with one attached hydrogen (secondary N) is 1. The lowest BCUT2D eigenvalue weighted by molar-refractivity contribution is -0.116. The highest BCUT2D eigenvalue weighted by Crippen LogP contribution is 2.24. The summed E-state index contributed by atoms with van der Waals surface area (Å²) in [4.78, 5) is 16.7. The summed E-state index contributed by atoms with van der Waals surface area (Å²) in [5.74, 6) is 1.42. The molecule has 1 N–H and O–H groups in total. The highest BCUT2D eigenvalue weighted by atomic mass is 32.2. The fourth-order valence-electron chi connectivity index (χ4n) is 2.96. The molecule has 31 heavy (non-hydrogen) atoms. The second-order valence-corrected chi connectivity index (χ2v) is 9.91. The molecule has 0 aliphatic carbocycles. The lowest BCUT2D eigenvalue weighted by Crippen LogP contribution is -2.22. The normalized spacial score (nSPS) is 11.8. The van der Waals surface area contributed by atoms with Gasteiger partial charge in [0.2, 0.25) is 15.9 Å². The summed E-state index contributed by atoms with van der Waals surface area (Å²) in [5.41, 5.74) is 2.73. The molecule has 0 atom stereocenters. The van der Waals surface area contributed by atoms with Crippen LogP contribution in [0.25, 0.3) is 11.3 Å². The Morgan fingerprint density at radius 2 is 1.71 bits per heavy atom. The lowest BCUT2D eigenvalue weighted by Gasteiger charge is -2.12. The Labute approximate surface area is 183 Å². The number of nitrogens with zero attached hydrogens (tertiary/aromatic N) is 2. The molecule has 3 aromatic rings. The second kappa shape index (κ2) is 9.45. The van der Waals surface area contributed by atoms with Gasteiger partial charge in [-0.25, -0.2) is 17.7 Å². The van der Waals surface area contributed by atoms with Gasteiger partial charge in [-0.1, -0.05) is 38.1 Å². The standard InChI is InChI=1S/C23H27N3O4S/c1-16(2)17-5-7-18(8-6-17)21-15-24-23(30-21)14-13-22(27)25-19-9-11-20(12-10-19)31(28,29)26(3)4/h5-12,15-16H,13-14H2,1-4H3,(H,25,27). The monoisotopic (exact) mass is 441 g/mol. The maximum Gasteiger partial charge on any atom is 0.242 e. The molecule has 7 nitrogen and oxygen atoms in total. The highest BCUT2D eigenvalue weighted by Gasteiger charge is 2.17. The molecular formula is C23H27N3O4S. The fourth-order valence-corrected chi connectivity index (χ4v) is 3.86. The van der Waals surface area contributed by atoms with Crippen molar-refractivity contribution < 1.29 is 17.6 Å². The van der Waals surface area contributed by atoms with E-state index in [2.05, 4.69) is 36.3 Å². The topological polar surface area (TPSA) is 92.5 Å². The smallest absolute Gasteiger partial charge is 0.242 e. The number of hydrogen-bond acceptors (Lipinski definition) is 5. The Morgan fingerprint density at radius 3 is 2.29 bits per heavy atom. The molecule has 0 saturated heterocycles. The van der Waals surface area contributed by atoms with E-state index in [1.165, 1.54) is 31.8 Å². The zero-order valence-corrected chi connectivity index (χ0v) is 18.9. The Bertz CT molecular complexity index is 1130. The number of rotatable bonds is 8. The summed E-state index contributed by atoms with van der Waals surface area (Å²) < 4.78 is 31.1. The molecule has 1 amide bonds. The molecule has 0 unspecified atom stereocenters. The van der Waals surface area contributed by atoms with Crippen LogP contribution in [0.2, 0.25) is 0 Å². The van der Waals surface area contributed by atoms with Crippen LogP contribution in [-0.2, 0) is 21.2 Å². The minimum atomic E-state index is -3.50. The molecule has 8 heteroatoms. The van der Waals surface area contributed by atoms with E-state index in [-0.39, 0.29) is 17.2 Å². The zero-order chi connectivity index (χ0) is 22.6. The van der Waals surface area contributed by atoms with Crippen molar-refractivity contribution >= 4 is 21.6 Å². The van der Waals surface area contributed by atoms with Crippen molar-refractivity contribution in [2.24, 2.45) is 0 Å². The molecule has 164 valence electrons. The van der Waals surface area contributed by atoms with Crippen LogP contribution in [0.4, 0.5) is 5.69 Å². The van der Waals surface area contributed by atoms with Gasteiger partial charge in [-0.05, 0) is 35.7 Å². The number of carbonyl (C=O) groups excluding carboxylic acids is 1. The van der Waals surface area contributed by atoms with E-state index in [9.17, 15) is 13.2 Å². The first-order chi connectivity index (χ1) is 14.7. The van der Waals surface area contributed by atoms with E-state index in [0.29, 0.717) is 29.7 Å². The summed E-state index contributed by atoms with van der Waals surface area (Å²) in [6.07, 6.45) is 2.23.